The number of benzene rings is 2. The number of amides is 1. The van der Waals surface area contributed by atoms with Gasteiger partial charge in [-0.05, 0) is 48.7 Å². The summed E-state index contributed by atoms with van der Waals surface area (Å²) < 4.78 is 17.9. The van der Waals surface area contributed by atoms with Crippen molar-refractivity contribution in [3.05, 3.63) is 53.1 Å². The summed E-state index contributed by atoms with van der Waals surface area (Å²) in [5.41, 5.74) is 4.30. The molecule has 1 amide bonds. The normalized spacial score (nSPS) is 14.8. The zero-order valence-electron chi connectivity index (χ0n) is 18.9. The van der Waals surface area contributed by atoms with E-state index >= 15 is 0 Å². The lowest BCUT2D eigenvalue weighted by molar-refractivity contribution is -0.127. The lowest BCUT2D eigenvalue weighted by Crippen LogP contribution is -2.41. The van der Waals surface area contributed by atoms with Crippen molar-refractivity contribution in [1.29, 1.82) is 0 Å². The molecule has 1 fully saturated rings. The van der Waals surface area contributed by atoms with Crippen LogP contribution in [0.3, 0.4) is 0 Å². The highest BCUT2D eigenvalue weighted by Gasteiger charge is 2.24. The van der Waals surface area contributed by atoms with Crippen molar-refractivity contribution in [1.82, 2.24) is 9.88 Å². The van der Waals surface area contributed by atoms with Crippen LogP contribution in [0.2, 0.25) is 0 Å². The van der Waals surface area contributed by atoms with E-state index < -0.39 is 0 Å². The predicted molar refractivity (Wildman–Crippen MR) is 128 cm³/mol. The van der Waals surface area contributed by atoms with Crippen LogP contribution in [0.25, 0.3) is 16.3 Å². The molecular weight excluding hydrogens is 424 g/mol. The molecule has 0 N–H and O–H groups in total. The van der Waals surface area contributed by atoms with Crippen LogP contribution in [0.4, 0.5) is 0 Å². The average Bonchev–Trinajstić information content (AvgIpc) is 3.25. The lowest BCUT2D eigenvalue weighted by Gasteiger charge is -2.30. The third kappa shape index (κ3) is 4.72. The summed E-state index contributed by atoms with van der Waals surface area (Å²) in [5.74, 6) is 1.31. The van der Waals surface area contributed by atoms with E-state index in [1.165, 1.54) is 15.8 Å². The number of hydrogen-bond acceptors (Lipinski definition) is 6. The highest BCUT2D eigenvalue weighted by molar-refractivity contribution is 7.20. The SMILES string of the molecule is COc1ccc(/C=C/C(=O)N2CCC(Oc3nc4c(C)ccc(C)c4s3)CC2)cc1OC. The van der Waals surface area contributed by atoms with Gasteiger partial charge in [-0.2, -0.15) is 0 Å². The van der Waals surface area contributed by atoms with Gasteiger partial charge in [0.15, 0.2) is 11.5 Å². The smallest absolute Gasteiger partial charge is 0.274 e. The van der Waals surface area contributed by atoms with Crippen molar-refractivity contribution in [2.75, 3.05) is 27.3 Å². The van der Waals surface area contributed by atoms with Gasteiger partial charge in [0.2, 0.25) is 5.91 Å². The van der Waals surface area contributed by atoms with Gasteiger partial charge in [-0.3, -0.25) is 4.79 Å². The number of methoxy groups -OCH3 is 2. The number of aromatic nitrogens is 1. The molecule has 0 unspecified atom stereocenters. The minimum atomic E-state index is 0.00414. The van der Waals surface area contributed by atoms with E-state index in [-0.39, 0.29) is 12.0 Å². The van der Waals surface area contributed by atoms with Gasteiger partial charge in [-0.25, -0.2) is 4.98 Å². The molecule has 0 saturated carbocycles. The van der Waals surface area contributed by atoms with Crippen molar-refractivity contribution in [2.24, 2.45) is 0 Å². The Morgan fingerprint density at radius 2 is 1.78 bits per heavy atom. The summed E-state index contributed by atoms with van der Waals surface area (Å²) in [7, 11) is 3.20. The molecule has 0 aliphatic carbocycles. The van der Waals surface area contributed by atoms with Crippen LogP contribution in [0.1, 0.15) is 29.5 Å². The van der Waals surface area contributed by atoms with Gasteiger partial charge in [-0.15, -0.1) is 0 Å². The number of aryl methyl sites for hydroxylation is 2. The highest BCUT2D eigenvalue weighted by Crippen LogP contribution is 2.33. The van der Waals surface area contributed by atoms with E-state index in [0.29, 0.717) is 24.6 Å². The van der Waals surface area contributed by atoms with Gasteiger partial charge in [0.05, 0.1) is 24.4 Å². The maximum absolute atomic E-state index is 12.6. The molecule has 7 heteroatoms. The Morgan fingerprint density at radius 3 is 2.47 bits per heavy atom. The van der Waals surface area contributed by atoms with Gasteiger partial charge in [-0.1, -0.05) is 29.5 Å². The summed E-state index contributed by atoms with van der Waals surface area (Å²) >= 11 is 1.61. The number of fused-ring (bicyclic) bond motifs is 1. The first-order valence-electron chi connectivity index (χ1n) is 10.7. The zero-order valence-corrected chi connectivity index (χ0v) is 19.7. The molecule has 168 valence electrons. The van der Waals surface area contributed by atoms with Crippen LogP contribution in [0.5, 0.6) is 16.7 Å². The summed E-state index contributed by atoms with van der Waals surface area (Å²) in [6.07, 6.45) is 5.09. The lowest BCUT2D eigenvalue weighted by atomic mass is 10.1. The van der Waals surface area contributed by atoms with Gasteiger partial charge >= 0.3 is 0 Å². The number of ether oxygens (including phenoxy) is 3. The summed E-state index contributed by atoms with van der Waals surface area (Å²) in [4.78, 5) is 19.2. The molecule has 2 aromatic carbocycles. The predicted octanol–water partition coefficient (Wildman–Crippen LogP) is 5.01. The minimum absolute atomic E-state index is 0.00414. The molecular formula is C25H28N2O4S. The fourth-order valence-corrected chi connectivity index (χ4v) is 4.88. The fraction of sp³-hybridized carbons (Fsp3) is 0.360. The van der Waals surface area contributed by atoms with Gasteiger partial charge in [0.1, 0.15) is 6.10 Å². The standard InChI is InChI=1S/C25H28N2O4S/c1-16-5-6-17(2)24-23(16)26-25(32-24)31-19-11-13-27(14-12-19)22(28)10-8-18-7-9-20(29-3)21(15-18)30-4/h5-10,15,19H,11-14H2,1-4H3/b10-8+. The molecule has 0 spiro atoms. The van der Waals surface area contributed by atoms with Crippen molar-refractivity contribution in [3.8, 4) is 16.7 Å². The molecule has 1 aliphatic heterocycles. The molecule has 1 aliphatic rings. The number of likely N-dealkylation sites (tertiary alicyclic amines) is 1. The number of carbonyl (C=O) groups excluding carboxylic acids is 1. The highest BCUT2D eigenvalue weighted by atomic mass is 32.1. The third-order valence-electron chi connectivity index (χ3n) is 5.77. The number of piperidine rings is 1. The number of hydrogen-bond donors (Lipinski definition) is 0. The molecule has 32 heavy (non-hydrogen) atoms. The molecule has 1 aromatic heterocycles. The van der Waals surface area contributed by atoms with E-state index in [1.807, 2.05) is 23.1 Å². The average molecular weight is 453 g/mol. The largest absolute Gasteiger partial charge is 0.493 e. The number of nitrogens with zero attached hydrogens (tertiary/aromatic N) is 2. The third-order valence-corrected chi connectivity index (χ3v) is 6.85. The topological polar surface area (TPSA) is 60.9 Å². The first-order chi connectivity index (χ1) is 15.5. The number of carbonyl (C=O) groups is 1. The molecule has 2 heterocycles. The Kier molecular flexibility index (Phi) is 6.65. The quantitative estimate of drug-likeness (QED) is 0.492. The Labute approximate surface area is 192 Å². The van der Waals surface area contributed by atoms with Crippen LogP contribution < -0.4 is 14.2 Å². The van der Waals surface area contributed by atoms with E-state index in [2.05, 4.69) is 26.0 Å². The molecule has 6 nitrogen and oxygen atoms in total. The molecule has 0 bridgehead atoms. The first kappa shape index (κ1) is 22.1. The van der Waals surface area contributed by atoms with E-state index in [1.54, 1.807) is 37.7 Å². The first-order valence-corrected chi connectivity index (χ1v) is 11.5. The fourth-order valence-electron chi connectivity index (χ4n) is 3.86. The Balaban J connectivity index is 1.33. The second kappa shape index (κ2) is 9.61. The Bertz CT molecular complexity index is 1110. The summed E-state index contributed by atoms with van der Waals surface area (Å²) in [5, 5.41) is 0.718. The van der Waals surface area contributed by atoms with Crippen LogP contribution in [0, 0.1) is 13.8 Å². The maximum Gasteiger partial charge on any atom is 0.274 e. The number of rotatable bonds is 6. The Hall–Kier alpha value is -3.06. The van der Waals surface area contributed by atoms with Crippen molar-refractivity contribution < 1.29 is 19.0 Å². The molecule has 0 radical (unpaired) electrons. The summed E-state index contributed by atoms with van der Waals surface area (Å²) in [6, 6.07) is 9.80. The van der Waals surface area contributed by atoms with Crippen LogP contribution in [0.15, 0.2) is 36.4 Å². The van der Waals surface area contributed by atoms with E-state index in [0.717, 1.165) is 29.1 Å². The zero-order chi connectivity index (χ0) is 22.7. The Morgan fingerprint density at radius 1 is 1.06 bits per heavy atom. The molecule has 3 aromatic rings. The van der Waals surface area contributed by atoms with Crippen LogP contribution >= 0.6 is 11.3 Å². The van der Waals surface area contributed by atoms with Gasteiger partial charge in [0, 0.05) is 32.0 Å². The minimum Gasteiger partial charge on any atom is -0.493 e. The molecule has 4 rings (SSSR count). The van der Waals surface area contributed by atoms with E-state index in [4.69, 9.17) is 19.2 Å². The molecule has 0 atom stereocenters. The second-order valence-corrected chi connectivity index (χ2v) is 8.91. The van der Waals surface area contributed by atoms with Gasteiger partial charge in [0.25, 0.3) is 5.19 Å². The van der Waals surface area contributed by atoms with Crippen molar-refractivity contribution in [2.45, 2.75) is 32.8 Å². The monoisotopic (exact) mass is 452 g/mol. The van der Waals surface area contributed by atoms with Gasteiger partial charge < -0.3 is 19.1 Å². The maximum atomic E-state index is 12.6. The van der Waals surface area contributed by atoms with E-state index in [9.17, 15) is 4.79 Å². The van der Waals surface area contributed by atoms with Crippen LogP contribution in [-0.4, -0.2) is 49.2 Å². The van der Waals surface area contributed by atoms with Crippen molar-refractivity contribution in [3.63, 3.8) is 0 Å². The molecule has 1 saturated heterocycles. The number of thiazole rings is 1. The summed E-state index contributed by atoms with van der Waals surface area (Å²) in [6.45, 7) is 5.51. The van der Waals surface area contributed by atoms with Crippen LogP contribution in [-0.2, 0) is 4.79 Å². The van der Waals surface area contributed by atoms with Crippen molar-refractivity contribution >= 4 is 33.5 Å². The second-order valence-electron chi connectivity index (χ2n) is 7.95.